The molecule has 0 heterocycles. The molecular formula is C12H23N. The minimum absolute atomic E-state index is 0.486. The van der Waals surface area contributed by atoms with Crippen LogP contribution in [-0.2, 0) is 0 Å². The van der Waals surface area contributed by atoms with Crippen LogP contribution in [-0.4, -0.2) is 6.04 Å². The van der Waals surface area contributed by atoms with Gasteiger partial charge in [0, 0.05) is 6.04 Å². The predicted molar refractivity (Wildman–Crippen MR) is 56.5 cm³/mol. The van der Waals surface area contributed by atoms with Crippen LogP contribution in [0.4, 0.5) is 0 Å². The quantitative estimate of drug-likeness (QED) is 0.711. The molecule has 13 heavy (non-hydrogen) atoms. The Bertz CT molecular complexity index is 166. The highest BCUT2D eigenvalue weighted by atomic mass is 14.7. The van der Waals surface area contributed by atoms with Crippen LogP contribution >= 0.6 is 0 Å². The first kappa shape index (κ1) is 9.51. The lowest BCUT2D eigenvalue weighted by atomic mass is 9.69. The van der Waals surface area contributed by atoms with Crippen molar-refractivity contribution < 1.29 is 0 Å². The van der Waals surface area contributed by atoms with Crippen molar-refractivity contribution in [2.75, 3.05) is 0 Å². The predicted octanol–water partition coefficient (Wildman–Crippen LogP) is 3.08. The summed E-state index contributed by atoms with van der Waals surface area (Å²) in [5, 5.41) is 0. The third kappa shape index (κ3) is 2.25. The molecular weight excluding hydrogens is 158 g/mol. The van der Waals surface area contributed by atoms with E-state index in [0.29, 0.717) is 11.5 Å². The second kappa shape index (κ2) is 3.61. The van der Waals surface area contributed by atoms with Gasteiger partial charge in [-0.1, -0.05) is 39.0 Å². The molecule has 0 spiro atoms. The first-order valence-electron chi connectivity index (χ1n) is 5.96. The summed E-state index contributed by atoms with van der Waals surface area (Å²) in [4.78, 5) is 0. The van der Waals surface area contributed by atoms with Crippen LogP contribution in [0.25, 0.3) is 0 Å². The Morgan fingerprint density at radius 3 is 2.38 bits per heavy atom. The molecule has 0 bridgehead atoms. The number of hydrogen-bond acceptors (Lipinski definition) is 1. The van der Waals surface area contributed by atoms with Crippen molar-refractivity contribution >= 4 is 0 Å². The van der Waals surface area contributed by atoms with Gasteiger partial charge in [0.2, 0.25) is 0 Å². The third-order valence-corrected chi connectivity index (χ3v) is 4.18. The molecule has 1 nitrogen and oxygen atoms in total. The minimum atomic E-state index is 0.486. The highest BCUT2D eigenvalue weighted by Crippen LogP contribution is 2.43. The Balaban J connectivity index is 1.86. The van der Waals surface area contributed by atoms with E-state index in [1.54, 1.807) is 0 Å². The van der Waals surface area contributed by atoms with Crippen LogP contribution in [0, 0.1) is 11.3 Å². The van der Waals surface area contributed by atoms with Crippen molar-refractivity contribution in [3.63, 3.8) is 0 Å². The summed E-state index contributed by atoms with van der Waals surface area (Å²) in [7, 11) is 0. The van der Waals surface area contributed by atoms with Gasteiger partial charge in [0.1, 0.15) is 0 Å². The fourth-order valence-electron chi connectivity index (χ4n) is 2.73. The average molecular weight is 181 g/mol. The molecule has 76 valence electrons. The Kier molecular flexibility index (Phi) is 2.64. The summed E-state index contributed by atoms with van der Waals surface area (Å²) >= 11 is 0. The summed E-state index contributed by atoms with van der Waals surface area (Å²) in [6.07, 6.45) is 11.2. The summed E-state index contributed by atoms with van der Waals surface area (Å²) in [6, 6.07) is 0.486. The number of rotatable bonds is 3. The van der Waals surface area contributed by atoms with Crippen molar-refractivity contribution in [3.05, 3.63) is 0 Å². The van der Waals surface area contributed by atoms with E-state index in [1.807, 2.05) is 0 Å². The molecule has 2 saturated carbocycles. The molecule has 2 aliphatic rings. The first-order chi connectivity index (χ1) is 6.21. The average Bonchev–Trinajstić information content (AvgIpc) is 2.89. The molecule has 0 aromatic heterocycles. The molecule has 0 aromatic rings. The first-order valence-corrected chi connectivity index (χ1v) is 5.96. The number of hydrogen-bond donors (Lipinski definition) is 1. The van der Waals surface area contributed by atoms with E-state index in [2.05, 4.69) is 6.92 Å². The molecule has 0 amide bonds. The normalized spacial score (nSPS) is 30.0. The molecule has 0 radical (unpaired) electrons. The van der Waals surface area contributed by atoms with Gasteiger partial charge in [0.05, 0.1) is 0 Å². The molecule has 2 N–H and O–H groups in total. The van der Waals surface area contributed by atoms with Crippen LogP contribution in [0.2, 0.25) is 0 Å². The lowest BCUT2D eigenvalue weighted by Gasteiger charge is -2.39. The second-order valence-electron chi connectivity index (χ2n) is 5.50. The smallest absolute Gasteiger partial charge is 0.00955 e. The van der Waals surface area contributed by atoms with Crippen LogP contribution in [0.3, 0.4) is 0 Å². The van der Waals surface area contributed by atoms with Crippen molar-refractivity contribution in [2.45, 2.75) is 64.3 Å². The van der Waals surface area contributed by atoms with Gasteiger partial charge in [0.25, 0.3) is 0 Å². The van der Waals surface area contributed by atoms with Crippen molar-refractivity contribution in [1.29, 1.82) is 0 Å². The molecule has 1 unspecified atom stereocenters. The standard InChI is InChI=1S/C12H23N/c1-12(7-3-2-4-8-12)11(13)9-10-5-6-10/h10-11H,2-9,13H2,1H3. The molecule has 2 rings (SSSR count). The maximum atomic E-state index is 6.32. The zero-order valence-corrected chi connectivity index (χ0v) is 8.89. The Morgan fingerprint density at radius 2 is 1.85 bits per heavy atom. The van der Waals surface area contributed by atoms with Crippen molar-refractivity contribution in [3.8, 4) is 0 Å². The summed E-state index contributed by atoms with van der Waals surface area (Å²) < 4.78 is 0. The van der Waals surface area contributed by atoms with Gasteiger partial charge in [-0.05, 0) is 30.6 Å². The molecule has 1 heteroatoms. The van der Waals surface area contributed by atoms with Gasteiger partial charge in [-0.3, -0.25) is 0 Å². The molecule has 2 aliphatic carbocycles. The Labute approximate surface area is 82.1 Å². The fraction of sp³-hybridized carbons (Fsp3) is 1.00. The van der Waals surface area contributed by atoms with Crippen LogP contribution in [0.5, 0.6) is 0 Å². The van der Waals surface area contributed by atoms with Gasteiger partial charge >= 0.3 is 0 Å². The Hall–Kier alpha value is -0.0400. The second-order valence-corrected chi connectivity index (χ2v) is 5.50. The summed E-state index contributed by atoms with van der Waals surface area (Å²) in [6.45, 7) is 2.42. The minimum Gasteiger partial charge on any atom is -0.327 e. The maximum absolute atomic E-state index is 6.32. The van der Waals surface area contributed by atoms with Crippen LogP contribution < -0.4 is 5.73 Å². The van der Waals surface area contributed by atoms with Gasteiger partial charge < -0.3 is 5.73 Å². The van der Waals surface area contributed by atoms with Crippen molar-refractivity contribution in [1.82, 2.24) is 0 Å². The lowest BCUT2D eigenvalue weighted by Crippen LogP contribution is -2.41. The Morgan fingerprint density at radius 1 is 1.23 bits per heavy atom. The van der Waals surface area contributed by atoms with E-state index in [4.69, 9.17) is 5.73 Å². The number of nitrogens with two attached hydrogens (primary N) is 1. The molecule has 1 atom stereocenters. The SMILES string of the molecule is CC1(C(N)CC2CC2)CCCCC1. The fourth-order valence-corrected chi connectivity index (χ4v) is 2.73. The zero-order chi connectivity index (χ0) is 9.31. The lowest BCUT2D eigenvalue weighted by molar-refractivity contribution is 0.159. The highest BCUT2D eigenvalue weighted by Gasteiger charge is 2.36. The maximum Gasteiger partial charge on any atom is 0.00955 e. The van der Waals surface area contributed by atoms with E-state index in [1.165, 1.54) is 51.4 Å². The largest absolute Gasteiger partial charge is 0.327 e. The molecule has 0 aliphatic heterocycles. The van der Waals surface area contributed by atoms with Crippen LogP contribution in [0.15, 0.2) is 0 Å². The zero-order valence-electron chi connectivity index (χ0n) is 8.89. The molecule has 0 aromatic carbocycles. The monoisotopic (exact) mass is 181 g/mol. The van der Waals surface area contributed by atoms with Crippen LogP contribution in [0.1, 0.15) is 58.3 Å². The van der Waals surface area contributed by atoms with Gasteiger partial charge in [-0.15, -0.1) is 0 Å². The summed E-state index contributed by atoms with van der Waals surface area (Å²) in [5.74, 6) is 0.994. The third-order valence-electron chi connectivity index (χ3n) is 4.18. The topological polar surface area (TPSA) is 26.0 Å². The van der Waals surface area contributed by atoms with E-state index in [-0.39, 0.29) is 0 Å². The van der Waals surface area contributed by atoms with Gasteiger partial charge in [-0.2, -0.15) is 0 Å². The van der Waals surface area contributed by atoms with E-state index in [0.717, 1.165) is 5.92 Å². The highest BCUT2D eigenvalue weighted by molar-refractivity contribution is 4.91. The van der Waals surface area contributed by atoms with E-state index >= 15 is 0 Å². The van der Waals surface area contributed by atoms with E-state index < -0.39 is 0 Å². The molecule has 2 fully saturated rings. The summed E-state index contributed by atoms with van der Waals surface area (Å²) in [5.41, 5.74) is 6.81. The van der Waals surface area contributed by atoms with Gasteiger partial charge in [0.15, 0.2) is 0 Å². The van der Waals surface area contributed by atoms with Gasteiger partial charge in [-0.25, -0.2) is 0 Å². The van der Waals surface area contributed by atoms with Crippen molar-refractivity contribution in [2.24, 2.45) is 17.1 Å². The van der Waals surface area contributed by atoms with E-state index in [9.17, 15) is 0 Å². The molecule has 0 saturated heterocycles.